The number of hydrogen-bond acceptors (Lipinski definition) is 4. The summed E-state index contributed by atoms with van der Waals surface area (Å²) >= 11 is 0. The molecule has 1 aromatic carbocycles. The summed E-state index contributed by atoms with van der Waals surface area (Å²) in [7, 11) is -3.50. The molecule has 0 spiro atoms. The first-order chi connectivity index (χ1) is 15.1. The third-order valence-corrected chi connectivity index (χ3v) is 8.47. The Kier molecular flexibility index (Phi) is 7.09. The number of quaternary nitrogens is 1. The summed E-state index contributed by atoms with van der Waals surface area (Å²) in [6.45, 7) is 3.47. The molecule has 2 aliphatic rings. The number of amides is 1. The summed E-state index contributed by atoms with van der Waals surface area (Å²) in [6.07, 6.45) is 6.45. The quantitative estimate of drug-likeness (QED) is 0.677. The van der Waals surface area contributed by atoms with E-state index >= 15 is 0 Å². The molecule has 3 heterocycles. The van der Waals surface area contributed by atoms with Crippen LogP contribution in [0.1, 0.15) is 43.9 Å². The highest BCUT2D eigenvalue weighted by molar-refractivity contribution is 7.89. The first kappa shape index (κ1) is 22.0. The minimum atomic E-state index is -3.50. The number of hydrogen-bond donors (Lipinski definition) is 2. The average molecular weight is 447 g/mol. The summed E-state index contributed by atoms with van der Waals surface area (Å²) in [4.78, 5) is 14.6. The molecule has 7 nitrogen and oxygen atoms in total. The second-order valence-electron chi connectivity index (χ2n) is 8.52. The zero-order valence-corrected chi connectivity index (χ0v) is 18.6. The lowest BCUT2D eigenvalue weighted by Crippen LogP contribution is -3.13. The molecule has 0 aliphatic carbocycles. The van der Waals surface area contributed by atoms with E-state index in [1.807, 2.05) is 12.1 Å². The summed E-state index contributed by atoms with van der Waals surface area (Å²) in [6, 6.07) is 12.5. The van der Waals surface area contributed by atoms with E-state index in [1.165, 1.54) is 28.5 Å². The SMILES string of the molecule is O=C(NC[C@H](c1ccco1)[NH+]1CCCCC1)C1CCN(S(=O)(=O)c2ccccc2)CC1. The van der Waals surface area contributed by atoms with E-state index in [2.05, 4.69) is 5.32 Å². The summed E-state index contributed by atoms with van der Waals surface area (Å²) in [5, 5.41) is 3.14. The molecule has 0 radical (unpaired) electrons. The van der Waals surface area contributed by atoms with E-state index in [-0.39, 0.29) is 17.9 Å². The van der Waals surface area contributed by atoms with Crippen LogP contribution in [-0.2, 0) is 14.8 Å². The predicted molar refractivity (Wildman–Crippen MR) is 117 cm³/mol. The first-order valence-electron chi connectivity index (χ1n) is 11.3. The van der Waals surface area contributed by atoms with Gasteiger partial charge in [0, 0.05) is 19.0 Å². The van der Waals surface area contributed by atoms with Crippen LogP contribution in [0.25, 0.3) is 0 Å². The highest BCUT2D eigenvalue weighted by Crippen LogP contribution is 2.24. The topological polar surface area (TPSA) is 84.1 Å². The lowest BCUT2D eigenvalue weighted by atomic mass is 9.97. The normalized spacial score (nSPS) is 20.4. The van der Waals surface area contributed by atoms with Crippen LogP contribution in [0.4, 0.5) is 0 Å². The minimum Gasteiger partial charge on any atom is -0.463 e. The number of furan rings is 1. The third-order valence-electron chi connectivity index (χ3n) is 6.56. The van der Waals surface area contributed by atoms with Crippen LogP contribution in [0, 0.1) is 5.92 Å². The average Bonchev–Trinajstić information content (AvgIpc) is 3.35. The molecule has 0 saturated carbocycles. The van der Waals surface area contributed by atoms with Crippen molar-refractivity contribution in [3.8, 4) is 0 Å². The Morgan fingerprint density at radius 3 is 2.42 bits per heavy atom. The van der Waals surface area contributed by atoms with Gasteiger partial charge < -0.3 is 14.6 Å². The standard InChI is InChI=1S/C23H31N3O4S/c27-23(24-18-21(22-10-7-17-30-22)25-13-5-2-6-14-25)19-11-15-26(16-12-19)31(28,29)20-8-3-1-4-9-20/h1,3-4,7-10,17,19,21H,2,5-6,11-16,18H2,(H,24,27)/p+1/t21-/m1/s1. The van der Waals surface area contributed by atoms with Crippen LogP contribution in [0.15, 0.2) is 58.0 Å². The van der Waals surface area contributed by atoms with Crippen LogP contribution in [0.2, 0.25) is 0 Å². The van der Waals surface area contributed by atoms with Gasteiger partial charge in [-0.2, -0.15) is 4.31 Å². The van der Waals surface area contributed by atoms with Crippen molar-refractivity contribution in [3.05, 3.63) is 54.5 Å². The Balaban J connectivity index is 1.32. The molecule has 0 unspecified atom stereocenters. The number of nitrogens with one attached hydrogen (secondary N) is 2. The fourth-order valence-corrected chi connectivity index (χ4v) is 6.23. The van der Waals surface area contributed by atoms with Crippen LogP contribution in [0.3, 0.4) is 0 Å². The number of carbonyl (C=O) groups is 1. The fraction of sp³-hybridized carbons (Fsp3) is 0.522. The van der Waals surface area contributed by atoms with Gasteiger partial charge in [-0.3, -0.25) is 4.79 Å². The molecule has 1 aromatic heterocycles. The van der Waals surface area contributed by atoms with Gasteiger partial charge in [0.05, 0.1) is 30.8 Å². The number of carbonyl (C=O) groups excluding carboxylic acids is 1. The molecule has 168 valence electrons. The van der Waals surface area contributed by atoms with Crippen molar-refractivity contribution in [2.45, 2.75) is 43.0 Å². The van der Waals surface area contributed by atoms with Gasteiger partial charge in [0.25, 0.3) is 0 Å². The van der Waals surface area contributed by atoms with E-state index in [0.29, 0.717) is 37.4 Å². The molecule has 2 aliphatic heterocycles. The molecule has 31 heavy (non-hydrogen) atoms. The number of likely N-dealkylation sites (tertiary alicyclic amines) is 1. The Labute approximate surface area is 184 Å². The van der Waals surface area contributed by atoms with Crippen LogP contribution < -0.4 is 10.2 Å². The van der Waals surface area contributed by atoms with Crippen LogP contribution >= 0.6 is 0 Å². The smallest absolute Gasteiger partial charge is 0.243 e. The van der Waals surface area contributed by atoms with Crippen LogP contribution in [-0.4, -0.2) is 51.4 Å². The molecule has 0 bridgehead atoms. The van der Waals surface area contributed by atoms with Crippen molar-refractivity contribution in [1.29, 1.82) is 0 Å². The summed E-state index contributed by atoms with van der Waals surface area (Å²) < 4.78 is 32.8. The Morgan fingerprint density at radius 1 is 1.06 bits per heavy atom. The third kappa shape index (κ3) is 5.19. The monoisotopic (exact) mass is 446 g/mol. The van der Waals surface area contributed by atoms with Gasteiger partial charge in [-0.15, -0.1) is 0 Å². The number of sulfonamides is 1. The van der Waals surface area contributed by atoms with Crippen molar-refractivity contribution in [3.63, 3.8) is 0 Å². The lowest BCUT2D eigenvalue weighted by molar-refractivity contribution is -0.936. The highest BCUT2D eigenvalue weighted by Gasteiger charge is 2.33. The van der Waals surface area contributed by atoms with E-state index in [1.54, 1.807) is 36.6 Å². The predicted octanol–water partition coefficient (Wildman–Crippen LogP) is 1.61. The van der Waals surface area contributed by atoms with Crippen molar-refractivity contribution < 1.29 is 22.5 Å². The number of nitrogens with zero attached hydrogens (tertiary/aromatic N) is 1. The Morgan fingerprint density at radius 2 is 1.77 bits per heavy atom. The second kappa shape index (κ2) is 9.97. The maximum absolute atomic E-state index is 12.9. The van der Waals surface area contributed by atoms with Gasteiger partial charge in [-0.1, -0.05) is 18.2 Å². The van der Waals surface area contributed by atoms with Gasteiger partial charge in [0.2, 0.25) is 15.9 Å². The maximum atomic E-state index is 12.9. The Hall–Kier alpha value is -2.16. The van der Waals surface area contributed by atoms with Gasteiger partial charge >= 0.3 is 0 Å². The zero-order valence-electron chi connectivity index (χ0n) is 17.8. The summed E-state index contributed by atoms with van der Waals surface area (Å²) in [5.41, 5.74) is 0. The van der Waals surface area contributed by atoms with Crippen molar-refractivity contribution in [2.24, 2.45) is 5.92 Å². The fourth-order valence-electron chi connectivity index (χ4n) is 4.74. The van der Waals surface area contributed by atoms with E-state index in [0.717, 1.165) is 18.8 Å². The molecule has 1 amide bonds. The Bertz CT molecular complexity index is 932. The van der Waals surface area contributed by atoms with Crippen molar-refractivity contribution in [1.82, 2.24) is 9.62 Å². The van der Waals surface area contributed by atoms with Gasteiger partial charge in [0.1, 0.15) is 0 Å². The van der Waals surface area contributed by atoms with Crippen molar-refractivity contribution >= 4 is 15.9 Å². The van der Waals surface area contributed by atoms with E-state index in [4.69, 9.17) is 4.42 Å². The van der Waals surface area contributed by atoms with Gasteiger partial charge in [0.15, 0.2) is 11.8 Å². The van der Waals surface area contributed by atoms with Crippen molar-refractivity contribution in [2.75, 3.05) is 32.7 Å². The van der Waals surface area contributed by atoms with Gasteiger partial charge in [-0.25, -0.2) is 8.42 Å². The minimum absolute atomic E-state index is 0.0183. The van der Waals surface area contributed by atoms with Crippen LogP contribution in [0.5, 0.6) is 0 Å². The molecule has 1 atom stereocenters. The zero-order chi connectivity index (χ0) is 21.7. The molecule has 2 N–H and O–H groups in total. The molecule has 2 aromatic rings. The molecule has 8 heteroatoms. The van der Waals surface area contributed by atoms with E-state index in [9.17, 15) is 13.2 Å². The number of rotatable bonds is 7. The molecule has 2 fully saturated rings. The first-order valence-corrected chi connectivity index (χ1v) is 12.7. The molecular weight excluding hydrogens is 414 g/mol. The van der Waals surface area contributed by atoms with Gasteiger partial charge in [-0.05, 0) is 56.4 Å². The molecule has 4 rings (SSSR count). The summed E-state index contributed by atoms with van der Waals surface area (Å²) in [5.74, 6) is 0.779. The number of benzene rings is 1. The second-order valence-corrected chi connectivity index (χ2v) is 10.5. The largest absolute Gasteiger partial charge is 0.463 e. The lowest BCUT2D eigenvalue weighted by Gasteiger charge is -2.32. The molecular formula is C23H32N3O4S+. The van der Waals surface area contributed by atoms with E-state index < -0.39 is 10.0 Å². The number of piperidine rings is 2. The highest BCUT2D eigenvalue weighted by atomic mass is 32.2. The maximum Gasteiger partial charge on any atom is 0.243 e. The molecule has 2 saturated heterocycles.